The fraction of sp³-hybridized carbons (Fsp3) is 0.231. The van der Waals surface area contributed by atoms with Crippen molar-refractivity contribution in [3.05, 3.63) is 95.0 Å². The summed E-state index contributed by atoms with van der Waals surface area (Å²) in [6, 6.07) is 23.9. The molecule has 0 N–H and O–H groups in total. The molecule has 0 spiro atoms. The minimum absolute atomic E-state index is 0.126. The summed E-state index contributed by atoms with van der Waals surface area (Å²) in [7, 11) is 1.93. The first-order valence-electron chi connectivity index (χ1n) is 11.3. The van der Waals surface area contributed by atoms with E-state index in [1.54, 1.807) is 16.8 Å². The molecule has 1 aliphatic heterocycles. The average molecular weight is 511 g/mol. The zero-order valence-electron chi connectivity index (χ0n) is 19.5. The van der Waals surface area contributed by atoms with Crippen molar-refractivity contribution in [2.75, 3.05) is 13.7 Å². The molecule has 1 aromatic heterocycles. The lowest BCUT2D eigenvalue weighted by Gasteiger charge is -2.26. The van der Waals surface area contributed by atoms with Crippen LogP contribution in [0.4, 0.5) is 8.78 Å². The molecule has 1 unspecified atom stereocenters. The summed E-state index contributed by atoms with van der Waals surface area (Å²) in [5, 5.41) is 4.84. The Morgan fingerprint density at radius 1 is 1.03 bits per heavy atom. The molecule has 7 nitrogen and oxygen atoms in total. The Morgan fingerprint density at radius 3 is 2.44 bits per heavy atom. The molecule has 186 valence electrons. The van der Waals surface area contributed by atoms with Gasteiger partial charge in [-0.25, -0.2) is 4.68 Å². The Morgan fingerprint density at radius 2 is 1.72 bits per heavy atom. The molecule has 0 saturated carbocycles. The van der Waals surface area contributed by atoms with E-state index in [9.17, 15) is 8.78 Å². The van der Waals surface area contributed by atoms with Gasteiger partial charge in [-0.2, -0.15) is 13.9 Å². The lowest BCUT2D eigenvalue weighted by atomic mass is 10.2. The molecule has 1 atom stereocenters. The monoisotopic (exact) mass is 510 g/mol. The van der Waals surface area contributed by atoms with Crippen LogP contribution < -0.4 is 14.2 Å². The number of halogens is 2. The van der Waals surface area contributed by atoms with Crippen molar-refractivity contribution in [3.63, 3.8) is 0 Å². The Bertz CT molecular complexity index is 1380. The van der Waals surface area contributed by atoms with Crippen LogP contribution in [0.3, 0.4) is 0 Å². The number of hydrogen-bond donors (Lipinski definition) is 0. The number of rotatable bonds is 8. The molecule has 0 amide bonds. The van der Waals surface area contributed by atoms with E-state index >= 15 is 0 Å². The van der Waals surface area contributed by atoms with E-state index in [1.807, 2.05) is 71.1 Å². The second kappa shape index (κ2) is 10.5. The number of alkyl halides is 2. The van der Waals surface area contributed by atoms with E-state index < -0.39 is 12.7 Å². The molecule has 4 aromatic rings. The minimum atomic E-state index is -2.85. The lowest BCUT2D eigenvalue weighted by Crippen LogP contribution is -2.25. The molecule has 2 heterocycles. The topological polar surface area (TPSA) is 53.7 Å². The second-order valence-electron chi connectivity index (χ2n) is 8.35. The van der Waals surface area contributed by atoms with Crippen molar-refractivity contribution in [3.8, 4) is 22.9 Å². The fourth-order valence-corrected chi connectivity index (χ4v) is 4.36. The number of hydrogen-bond acceptors (Lipinski definition) is 6. The molecule has 36 heavy (non-hydrogen) atoms. The quantitative estimate of drug-likeness (QED) is 0.288. The highest BCUT2D eigenvalue weighted by Gasteiger charge is 2.29. The summed E-state index contributed by atoms with van der Waals surface area (Å²) < 4.78 is 45.6. The Labute approximate surface area is 212 Å². The van der Waals surface area contributed by atoms with Gasteiger partial charge in [0, 0.05) is 12.2 Å². The van der Waals surface area contributed by atoms with Crippen molar-refractivity contribution in [1.29, 1.82) is 0 Å². The number of aromatic nitrogens is 3. The van der Waals surface area contributed by atoms with Crippen LogP contribution in [0.2, 0.25) is 0 Å². The van der Waals surface area contributed by atoms with Crippen molar-refractivity contribution < 1.29 is 23.0 Å². The van der Waals surface area contributed by atoms with Gasteiger partial charge in [0.1, 0.15) is 12.4 Å². The molecule has 0 saturated heterocycles. The van der Waals surface area contributed by atoms with Crippen LogP contribution in [0, 0.1) is 4.77 Å². The maximum atomic E-state index is 12.4. The third-order valence-corrected chi connectivity index (χ3v) is 6.05. The van der Waals surface area contributed by atoms with E-state index in [-0.39, 0.29) is 5.75 Å². The third-order valence-electron chi connectivity index (χ3n) is 5.65. The highest BCUT2D eigenvalue weighted by molar-refractivity contribution is 7.71. The van der Waals surface area contributed by atoms with Crippen LogP contribution in [-0.4, -0.2) is 39.5 Å². The van der Waals surface area contributed by atoms with E-state index in [2.05, 4.69) is 4.74 Å². The number of nitrogens with zero attached hydrogens (tertiary/aromatic N) is 4. The zero-order valence-corrected chi connectivity index (χ0v) is 20.3. The SMILES string of the molecule is CN(Cc1ccc(OC(F)F)cc1)Cn1nc(C2COc3ccccc3O2)n(-c2ccccc2)c1=S. The van der Waals surface area contributed by atoms with Crippen LogP contribution in [0.15, 0.2) is 78.9 Å². The second-order valence-corrected chi connectivity index (χ2v) is 8.72. The minimum Gasteiger partial charge on any atom is -0.485 e. The molecule has 0 fully saturated rings. The highest BCUT2D eigenvalue weighted by Crippen LogP contribution is 2.36. The standard InChI is InChI=1S/C26H24F2N4O3S/c1-30(15-18-11-13-20(14-12-18)34-25(27)28)17-31-26(36)32(19-7-3-2-4-8-19)24(29-31)23-16-33-21-9-5-6-10-22(21)35-23/h2-14,23,25H,15-17H2,1H3. The zero-order chi connectivity index (χ0) is 25.1. The van der Waals surface area contributed by atoms with Gasteiger partial charge in [-0.15, -0.1) is 0 Å². The first kappa shape index (κ1) is 24.0. The maximum Gasteiger partial charge on any atom is 0.387 e. The normalized spacial score (nSPS) is 14.9. The van der Waals surface area contributed by atoms with Crippen LogP contribution in [0.1, 0.15) is 17.5 Å². The van der Waals surface area contributed by atoms with E-state index in [1.165, 1.54) is 12.1 Å². The largest absolute Gasteiger partial charge is 0.485 e. The van der Waals surface area contributed by atoms with Gasteiger partial charge in [0.2, 0.25) is 4.77 Å². The molecule has 0 radical (unpaired) electrons. The molecular weight excluding hydrogens is 486 g/mol. The summed E-state index contributed by atoms with van der Waals surface area (Å²) in [6.07, 6.45) is -0.448. The number of benzene rings is 3. The Hall–Kier alpha value is -3.76. The van der Waals surface area contributed by atoms with Crippen LogP contribution in [0.25, 0.3) is 5.69 Å². The average Bonchev–Trinajstić information content (AvgIpc) is 3.20. The predicted molar refractivity (Wildman–Crippen MR) is 132 cm³/mol. The van der Waals surface area contributed by atoms with E-state index in [0.717, 1.165) is 11.3 Å². The van der Waals surface area contributed by atoms with Crippen molar-refractivity contribution >= 4 is 12.2 Å². The van der Waals surface area contributed by atoms with Gasteiger partial charge in [-0.3, -0.25) is 9.47 Å². The molecule has 5 rings (SSSR count). The van der Waals surface area contributed by atoms with Crippen LogP contribution >= 0.6 is 12.2 Å². The first-order valence-corrected chi connectivity index (χ1v) is 11.7. The molecule has 0 aliphatic carbocycles. The van der Waals surface area contributed by atoms with Gasteiger partial charge in [0.15, 0.2) is 23.4 Å². The third kappa shape index (κ3) is 5.24. The summed E-state index contributed by atoms with van der Waals surface area (Å²) in [5.41, 5.74) is 1.82. The van der Waals surface area contributed by atoms with Gasteiger partial charge in [0.05, 0.1) is 6.67 Å². The van der Waals surface area contributed by atoms with E-state index in [4.69, 9.17) is 26.8 Å². The maximum absolute atomic E-state index is 12.4. The molecule has 10 heteroatoms. The number of ether oxygens (including phenoxy) is 3. The Kier molecular flexibility index (Phi) is 6.97. The highest BCUT2D eigenvalue weighted by atomic mass is 32.1. The van der Waals surface area contributed by atoms with Crippen molar-refractivity contribution in [1.82, 2.24) is 19.2 Å². The van der Waals surface area contributed by atoms with Crippen LogP contribution in [0.5, 0.6) is 17.2 Å². The Balaban J connectivity index is 1.39. The predicted octanol–water partition coefficient (Wildman–Crippen LogP) is 5.61. The summed E-state index contributed by atoms with van der Waals surface area (Å²) in [4.78, 5) is 2.03. The summed E-state index contributed by atoms with van der Waals surface area (Å²) in [6.45, 7) is -1.58. The van der Waals surface area contributed by atoms with E-state index in [0.29, 0.717) is 41.9 Å². The molecule has 1 aliphatic rings. The van der Waals surface area contributed by atoms with Gasteiger partial charge in [0.25, 0.3) is 0 Å². The number of fused-ring (bicyclic) bond motifs is 1. The van der Waals surface area contributed by atoms with Gasteiger partial charge in [-0.05, 0) is 61.2 Å². The van der Waals surface area contributed by atoms with Gasteiger partial charge >= 0.3 is 6.61 Å². The molecule has 0 bridgehead atoms. The molecular formula is C26H24F2N4O3S. The molecule has 3 aromatic carbocycles. The van der Waals surface area contributed by atoms with Crippen molar-refractivity contribution in [2.45, 2.75) is 25.9 Å². The van der Waals surface area contributed by atoms with Gasteiger partial charge in [-0.1, -0.05) is 42.5 Å². The summed E-state index contributed by atoms with van der Waals surface area (Å²) >= 11 is 5.84. The number of para-hydroxylation sites is 3. The summed E-state index contributed by atoms with van der Waals surface area (Å²) in [5.74, 6) is 2.12. The first-order chi connectivity index (χ1) is 17.5. The van der Waals surface area contributed by atoms with Crippen molar-refractivity contribution in [2.24, 2.45) is 0 Å². The van der Waals surface area contributed by atoms with Gasteiger partial charge < -0.3 is 14.2 Å². The smallest absolute Gasteiger partial charge is 0.387 e. The fourth-order valence-electron chi connectivity index (χ4n) is 4.06. The van der Waals surface area contributed by atoms with Crippen LogP contribution in [-0.2, 0) is 13.2 Å². The lowest BCUT2D eigenvalue weighted by molar-refractivity contribution is -0.0498.